The average Bonchev–Trinajstić information content (AvgIpc) is 2.61. The quantitative estimate of drug-likeness (QED) is 0.791. The maximum Gasteiger partial charge on any atom is 0.246 e. The molecule has 0 aliphatic carbocycles. The minimum Gasteiger partial charge on any atom is -0.379 e. The molecule has 0 unspecified atom stereocenters. The Bertz CT molecular complexity index is 643. The third-order valence-corrected chi connectivity index (χ3v) is 6.43. The molecule has 3 rings (SSSR count). The molecule has 8 heteroatoms. The molecule has 0 aromatic carbocycles. The highest BCUT2D eigenvalue weighted by Gasteiger charge is 2.40. The number of ether oxygens (including phenoxy) is 1. The van der Waals surface area contributed by atoms with E-state index in [4.69, 9.17) is 4.74 Å². The second-order valence-corrected chi connectivity index (χ2v) is 8.15. The Labute approximate surface area is 131 Å². The van der Waals surface area contributed by atoms with Gasteiger partial charge in [0.1, 0.15) is 4.90 Å². The van der Waals surface area contributed by atoms with Crippen molar-refractivity contribution in [1.29, 1.82) is 0 Å². The van der Waals surface area contributed by atoms with Gasteiger partial charge in [-0.2, -0.15) is 9.40 Å². The molecule has 1 aromatic rings. The standard InChI is InChI=1S/C14H24N4O3S/c1-4-17-8-14(11(2)15-17)22(19,20)18-6-12-5-16(3)7-13(18)10-21-9-12/h8,12-13H,4-7,9-10H2,1-3H3/t12-,13-/m0/s1. The lowest BCUT2D eigenvalue weighted by Crippen LogP contribution is -2.45. The lowest BCUT2D eigenvalue weighted by atomic mass is 10.1. The first-order valence-corrected chi connectivity index (χ1v) is 9.18. The molecule has 0 saturated carbocycles. The first-order valence-electron chi connectivity index (χ1n) is 7.74. The number of hydrogen-bond acceptors (Lipinski definition) is 5. The van der Waals surface area contributed by atoms with Crippen LogP contribution in [0.25, 0.3) is 0 Å². The van der Waals surface area contributed by atoms with Gasteiger partial charge in [-0.05, 0) is 20.9 Å². The second-order valence-electron chi connectivity index (χ2n) is 6.29. The summed E-state index contributed by atoms with van der Waals surface area (Å²) in [5.74, 6) is 0.216. The molecule has 2 saturated heterocycles. The van der Waals surface area contributed by atoms with E-state index in [9.17, 15) is 8.42 Å². The van der Waals surface area contributed by atoms with Crippen LogP contribution in [0.15, 0.2) is 11.1 Å². The number of nitrogens with zero attached hydrogens (tertiary/aromatic N) is 4. The monoisotopic (exact) mass is 328 g/mol. The van der Waals surface area contributed by atoms with E-state index < -0.39 is 10.0 Å². The number of aromatic nitrogens is 2. The molecule has 0 amide bonds. The molecule has 22 heavy (non-hydrogen) atoms. The highest BCUT2D eigenvalue weighted by molar-refractivity contribution is 7.89. The van der Waals surface area contributed by atoms with Gasteiger partial charge in [-0.15, -0.1) is 0 Å². The highest BCUT2D eigenvalue weighted by Crippen LogP contribution is 2.27. The first-order chi connectivity index (χ1) is 10.4. The van der Waals surface area contributed by atoms with E-state index in [0.29, 0.717) is 43.4 Å². The van der Waals surface area contributed by atoms with Gasteiger partial charge >= 0.3 is 0 Å². The number of rotatable bonds is 3. The molecule has 7 nitrogen and oxygen atoms in total. The van der Waals surface area contributed by atoms with E-state index in [0.717, 1.165) is 6.54 Å². The second kappa shape index (κ2) is 5.92. The van der Waals surface area contributed by atoms with Crippen molar-refractivity contribution in [2.45, 2.75) is 31.3 Å². The Morgan fingerprint density at radius 3 is 2.77 bits per heavy atom. The summed E-state index contributed by atoms with van der Waals surface area (Å²) in [6.45, 7) is 7.55. The largest absolute Gasteiger partial charge is 0.379 e. The fourth-order valence-corrected chi connectivity index (χ4v) is 5.22. The van der Waals surface area contributed by atoms with Crippen molar-refractivity contribution in [2.75, 3.05) is 39.9 Å². The van der Waals surface area contributed by atoms with Crippen LogP contribution in [-0.4, -0.2) is 73.3 Å². The predicted molar refractivity (Wildman–Crippen MR) is 82.1 cm³/mol. The van der Waals surface area contributed by atoms with Crippen molar-refractivity contribution >= 4 is 10.0 Å². The molecule has 0 spiro atoms. The van der Waals surface area contributed by atoms with Crippen molar-refractivity contribution < 1.29 is 13.2 Å². The Morgan fingerprint density at radius 2 is 2.09 bits per heavy atom. The molecule has 2 aliphatic rings. The maximum atomic E-state index is 13.1. The van der Waals surface area contributed by atoms with Crippen molar-refractivity contribution in [1.82, 2.24) is 19.0 Å². The first kappa shape index (κ1) is 15.9. The summed E-state index contributed by atoms with van der Waals surface area (Å²) >= 11 is 0. The van der Waals surface area contributed by atoms with Crippen molar-refractivity contribution in [2.24, 2.45) is 5.92 Å². The van der Waals surface area contributed by atoms with E-state index >= 15 is 0 Å². The molecule has 2 atom stereocenters. The summed E-state index contributed by atoms with van der Waals surface area (Å²) in [6, 6.07) is -0.133. The average molecular weight is 328 g/mol. The fraction of sp³-hybridized carbons (Fsp3) is 0.786. The van der Waals surface area contributed by atoms with Gasteiger partial charge in [-0.25, -0.2) is 8.42 Å². The van der Waals surface area contributed by atoms with Crippen LogP contribution >= 0.6 is 0 Å². The van der Waals surface area contributed by atoms with Crippen LogP contribution < -0.4 is 0 Å². The van der Waals surface area contributed by atoms with Gasteiger partial charge in [-0.1, -0.05) is 0 Å². The zero-order valence-electron chi connectivity index (χ0n) is 13.4. The van der Waals surface area contributed by atoms with Crippen molar-refractivity contribution in [3.8, 4) is 0 Å². The topological polar surface area (TPSA) is 67.7 Å². The summed E-state index contributed by atoms with van der Waals surface area (Å²) < 4.78 is 35.3. The molecule has 0 radical (unpaired) electrons. The van der Waals surface area contributed by atoms with Gasteiger partial charge < -0.3 is 9.64 Å². The highest BCUT2D eigenvalue weighted by atomic mass is 32.2. The SMILES string of the molecule is CCn1cc(S(=O)(=O)N2C[C@H]3COC[C@@H]2CN(C)C3)c(C)n1. The molecule has 3 heterocycles. The van der Waals surface area contributed by atoms with Crippen LogP contribution in [0.1, 0.15) is 12.6 Å². The zero-order valence-corrected chi connectivity index (χ0v) is 14.2. The van der Waals surface area contributed by atoms with E-state index in [2.05, 4.69) is 10.00 Å². The van der Waals surface area contributed by atoms with E-state index in [1.54, 1.807) is 22.1 Å². The van der Waals surface area contributed by atoms with Crippen LogP contribution in [0.2, 0.25) is 0 Å². The van der Waals surface area contributed by atoms with Gasteiger partial charge in [0.15, 0.2) is 0 Å². The number of likely N-dealkylation sites (N-methyl/N-ethyl adjacent to an activating group) is 1. The summed E-state index contributed by atoms with van der Waals surface area (Å²) in [5.41, 5.74) is 0.565. The van der Waals surface area contributed by atoms with Crippen LogP contribution in [0.3, 0.4) is 0 Å². The zero-order chi connectivity index (χ0) is 15.9. The van der Waals surface area contributed by atoms with Gasteiger partial charge in [-0.3, -0.25) is 4.68 Å². The summed E-state index contributed by atoms with van der Waals surface area (Å²) in [6.07, 6.45) is 1.64. The summed E-state index contributed by atoms with van der Waals surface area (Å²) in [5, 5.41) is 4.28. The molecular formula is C14H24N4O3S. The molecule has 1 aromatic heterocycles. The van der Waals surface area contributed by atoms with Gasteiger partial charge in [0.25, 0.3) is 0 Å². The van der Waals surface area contributed by atoms with Crippen molar-refractivity contribution in [3.05, 3.63) is 11.9 Å². The van der Waals surface area contributed by atoms with Gasteiger partial charge in [0, 0.05) is 38.3 Å². The molecule has 2 aliphatic heterocycles. The number of sulfonamides is 1. The summed E-state index contributed by atoms with van der Waals surface area (Å²) in [7, 11) is -1.50. The van der Waals surface area contributed by atoms with Crippen LogP contribution in [-0.2, 0) is 21.3 Å². The van der Waals surface area contributed by atoms with E-state index in [1.807, 2.05) is 14.0 Å². The number of hydrogen-bond donors (Lipinski definition) is 0. The Balaban J connectivity index is 1.98. The van der Waals surface area contributed by atoms with Crippen molar-refractivity contribution in [3.63, 3.8) is 0 Å². The molecule has 2 fully saturated rings. The fourth-order valence-electron chi connectivity index (χ4n) is 3.37. The van der Waals surface area contributed by atoms with Crippen LogP contribution in [0.5, 0.6) is 0 Å². The number of aryl methyl sites for hydroxylation is 2. The lowest BCUT2D eigenvalue weighted by Gasteiger charge is -2.28. The van der Waals surface area contributed by atoms with E-state index in [-0.39, 0.29) is 12.0 Å². The molecule has 2 bridgehead atoms. The smallest absolute Gasteiger partial charge is 0.246 e. The van der Waals surface area contributed by atoms with Gasteiger partial charge in [0.05, 0.1) is 24.9 Å². The number of fused-ring (bicyclic) bond motifs is 3. The lowest BCUT2D eigenvalue weighted by molar-refractivity contribution is 0.0659. The van der Waals surface area contributed by atoms with Gasteiger partial charge in [0.2, 0.25) is 10.0 Å². The third-order valence-electron chi connectivity index (χ3n) is 4.41. The molecule has 124 valence electrons. The Morgan fingerprint density at radius 1 is 1.32 bits per heavy atom. The minimum absolute atomic E-state index is 0.133. The van der Waals surface area contributed by atoms with Crippen LogP contribution in [0.4, 0.5) is 0 Å². The maximum absolute atomic E-state index is 13.1. The molecular weight excluding hydrogens is 304 g/mol. The Hall–Kier alpha value is -0.960. The predicted octanol–water partition coefficient (Wildman–Crippen LogP) is 0.163. The Kier molecular flexibility index (Phi) is 4.28. The molecule has 0 N–H and O–H groups in total. The normalized spacial score (nSPS) is 27.8. The third kappa shape index (κ3) is 2.80. The summed E-state index contributed by atoms with van der Waals surface area (Å²) in [4.78, 5) is 2.53. The van der Waals surface area contributed by atoms with E-state index in [1.165, 1.54) is 0 Å². The van der Waals surface area contributed by atoms with Crippen LogP contribution in [0, 0.1) is 12.8 Å². The minimum atomic E-state index is -3.54.